The molecule has 0 aliphatic heterocycles. The van der Waals surface area contributed by atoms with Gasteiger partial charge in [0.25, 0.3) is 0 Å². The smallest absolute Gasteiger partial charge is 0.419 e. The first kappa shape index (κ1) is 14.3. The van der Waals surface area contributed by atoms with E-state index in [0.29, 0.717) is 6.07 Å². The third kappa shape index (κ3) is 3.36. The van der Waals surface area contributed by atoms with Crippen molar-refractivity contribution in [2.75, 3.05) is 20.3 Å². The molecule has 4 nitrogen and oxygen atoms in total. The van der Waals surface area contributed by atoms with Gasteiger partial charge < -0.3 is 15.2 Å². The van der Waals surface area contributed by atoms with E-state index in [1.807, 2.05) is 0 Å². The highest BCUT2D eigenvalue weighted by molar-refractivity contribution is 5.89. The fourth-order valence-electron chi connectivity index (χ4n) is 1.29. The number of nitrogens with two attached hydrogens (primary N) is 1. The van der Waals surface area contributed by atoms with Gasteiger partial charge in [0, 0.05) is 6.54 Å². The van der Waals surface area contributed by atoms with E-state index in [2.05, 4.69) is 4.74 Å². The molecule has 0 aliphatic rings. The fraction of sp³-hybridized carbons (Fsp3) is 0.364. The zero-order valence-corrected chi connectivity index (χ0v) is 9.58. The van der Waals surface area contributed by atoms with Crippen molar-refractivity contribution in [3.8, 4) is 5.75 Å². The molecular weight excluding hydrogens is 251 g/mol. The highest BCUT2D eigenvalue weighted by atomic mass is 19.4. The van der Waals surface area contributed by atoms with Crippen LogP contribution in [0.4, 0.5) is 13.2 Å². The molecule has 0 spiro atoms. The lowest BCUT2D eigenvalue weighted by atomic mass is 10.1. The molecule has 1 aromatic rings. The van der Waals surface area contributed by atoms with Gasteiger partial charge in [-0.1, -0.05) is 0 Å². The Morgan fingerprint density at radius 2 is 2.06 bits per heavy atom. The Labute approximate surface area is 101 Å². The van der Waals surface area contributed by atoms with Gasteiger partial charge in [-0.05, 0) is 18.2 Å². The predicted molar refractivity (Wildman–Crippen MR) is 57.3 cm³/mol. The number of alkyl halides is 3. The molecule has 0 amide bonds. The first-order chi connectivity index (χ1) is 8.40. The Kier molecular flexibility index (Phi) is 4.55. The summed E-state index contributed by atoms with van der Waals surface area (Å²) in [6.45, 7) is 0.0523. The third-order valence-electron chi connectivity index (χ3n) is 2.08. The Morgan fingerprint density at radius 1 is 1.39 bits per heavy atom. The van der Waals surface area contributed by atoms with Crippen molar-refractivity contribution in [3.63, 3.8) is 0 Å². The second-order valence-corrected chi connectivity index (χ2v) is 3.34. The molecule has 0 bridgehead atoms. The molecule has 0 unspecified atom stereocenters. The Balaban J connectivity index is 3.16. The van der Waals surface area contributed by atoms with Crippen LogP contribution in [0.3, 0.4) is 0 Å². The maximum Gasteiger partial charge on any atom is 0.419 e. The summed E-state index contributed by atoms with van der Waals surface area (Å²) in [5, 5.41) is 0. The molecule has 7 heteroatoms. The molecule has 1 rings (SSSR count). The number of hydrogen-bond acceptors (Lipinski definition) is 4. The monoisotopic (exact) mass is 263 g/mol. The number of benzene rings is 1. The zero-order valence-electron chi connectivity index (χ0n) is 9.58. The molecule has 1 aromatic carbocycles. The second-order valence-electron chi connectivity index (χ2n) is 3.34. The van der Waals surface area contributed by atoms with Crippen molar-refractivity contribution < 1.29 is 27.4 Å². The Morgan fingerprint density at radius 3 is 2.56 bits per heavy atom. The summed E-state index contributed by atoms with van der Waals surface area (Å²) >= 11 is 0. The zero-order chi connectivity index (χ0) is 13.8. The summed E-state index contributed by atoms with van der Waals surface area (Å²) in [6.07, 6.45) is -4.62. The van der Waals surface area contributed by atoms with Crippen LogP contribution in [0.2, 0.25) is 0 Å². The predicted octanol–water partition coefficient (Wildman–Crippen LogP) is 1.83. The third-order valence-corrected chi connectivity index (χ3v) is 2.08. The molecule has 0 atom stereocenters. The Bertz CT molecular complexity index is 432. The van der Waals surface area contributed by atoms with E-state index in [-0.39, 0.29) is 24.5 Å². The molecule has 0 saturated heterocycles. The summed E-state index contributed by atoms with van der Waals surface area (Å²) in [4.78, 5) is 11.2. The van der Waals surface area contributed by atoms with Crippen LogP contribution >= 0.6 is 0 Å². The van der Waals surface area contributed by atoms with Gasteiger partial charge in [-0.3, -0.25) is 0 Å². The van der Waals surface area contributed by atoms with Gasteiger partial charge in [0.2, 0.25) is 0 Å². The molecule has 18 heavy (non-hydrogen) atoms. The number of ether oxygens (including phenoxy) is 2. The summed E-state index contributed by atoms with van der Waals surface area (Å²) < 4.78 is 47.5. The van der Waals surface area contributed by atoms with Gasteiger partial charge in [-0.25, -0.2) is 4.79 Å². The molecule has 0 saturated carbocycles. The average Bonchev–Trinajstić information content (AvgIpc) is 2.34. The van der Waals surface area contributed by atoms with Gasteiger partial charge in [0.15, 0.2) is 0 Å². The summed E-state index contributed by atoms with van der Waals surface area (Å²) in [5.74, 6) is -1.20. The summed E-state index contributed by atoms with van der Waals surface area (Å²) in [7, 11) is 1.09. The highest BCUT2D eigenvalue weighted by Crippen LogP contribution is 2.36. The number of rotatable bonds is 4. The van der Waals surface area contributed by atoms with E-state index < -0.39 is 17.7 Å². The van der Waals surface area contributed by atoms with Crippen LogP contribution in [-0.4, -0.2) is 26.2 Å². The average molecular weight is 263 g/mol. The van der Waals surface area contributed by atoms with Gasteiger partial charge in [0.1, 0.15) is 12.4 Å². The van der Waals surface area contributed by atoms with Gasteiger partial charge in [-0.2, -0.15) is 13.2 Å². The van der Waals surface area contributed by atoms with Crippen LogP contribution in [0.25, 0.3) is 0 Å². The first-order valence-corrected chi connectivity index (χ1v) is 5.02. The minimum atomic E-state index is -4.62. The second kappa shape index (κ2) is 5.72. The van der Waals surface area contributed by atoms with Crippen LogP contribution in [-0.2, 0) is 10.9 Å². The lowest BCUT2D eigenvalue weighted by molar-refractivity contribution is -0.138. The SMILES string of the molecule is COC(=O)c1ccc(OCCN)c(C(F)(F)F)c1. The van der Waals surface area contributed by atoms with Gasteiger partial charge >= 0.3 is 12.1 Å². The van der Waals surface area contributed by atoms with Crippen LogP contribution in [0, 0.1) is 0 Å². The van der Waals surface area contributed by atoms with Crippen molar-refractivity contribution in [2.45, 2.75) is 6.18 Å². The van der Waals surface area contributed by atoms with E-state index >= 15 is 0 Å². The highest BCUT2D eigenvalue weighted by Gasteiger charge is 2.35. The molecule has 0 radical (unpaired) electrons. The first-order valence-electron chi connectivity index (χ1n) is 5.02. The van der Waals surface area contributed by atoms with Crippen molar-refractivity contribution in [3.05, 3.63) is 29.3 Å². The summed E-state index contributed by atoms with van der Waals surface area (Å²) in [5.41, 5.74) is 3.94. The van der Waals surface area contributed by atoms with E-state index in [9.17, 15) is 18.0 Å². The van der Waals surface area contributed by atoms with Crippen LogP contribution in [0.1, 0.15) is 15.9 Å². The maximum absolute atomic E-state index is 12.8. The van der Waals surface area contributed by atoms with Crippen molar-refractivity contribution in [2.24, 2.45) is 5.73 Å². The molecule has 100 valence electrons. The quantitative estimate of drug-likeness (QED) is 0.842. The van der Waals surface area contributed by atoms with Crippen molar-refractivity contribution in [1.82, 2.24) is 0 Å². The minimum absolute atomic E-state index is 0.0410. The Hall–Kier alpha value is -1.76. The van der Waals surface area contributed by atoms with E-state index in [1.165, 1.54) is 6.07 Å². The molecule has 0 aromatic heterocycles. The largest absolute Gasteiger partial charge is 0.492 e. The number of carbonyl (C=O) groups is 1. The van der Waals surface area contributed by atoms with E-state index in [1.54, 1.807) is 0 Å². The van der Waals surface area contributed by atoms with Crippen LogP contribution in [0.5, 0.6) is 5.75 Å². The molecular formula is C11H12F3NO3. The van der Waals surface area contributed by atoms with E-state index in [0.717, 1.165) is 13.2 Å². The fourth-order valence-corrected chi connectivity index (χ4v) is 1.29. The lowest BCUT2D eigenvalue weighted by Crippen LogP contribution is -2.15. The van der Waals surface area contributed by atoms with Crippen molar-refractivity contribution >= 4 is 5.97 Å². The molecule has 0 fully saturated rings. The topological polar surface area (TPSA) is 61.5 Å². The summed E-state index contributed by atoms with van der Waals surface area (Å²) in [6, 6.07) is 2.97. The van der Waals surface area contributed by atoms with Crippen molar-refractivity contribution in [1.29, 1.82) is 0 Å². The number of halogens is 3. The van der Waals surface area contributed by atoms with Gasteiger partial charge in [0.05, 0.1) is 18.2 Å². The maximum atomic E-state index is 12.8. The number of esters is 1. The molecule has 0 aliphatic carbocycles. The van der Waals surface area contributed by atoms with E-state index in [4.69, 9.17) is 10.5 Å². The number of hydrogen-bond donors (Lipinski definition) is 1. The molecule has 0 heterocycles. The molecule has 2 N–H and O–H groups in total. The number of carbonyl (C=O) groups excluding carboxylic acids is 1. The lowest BCUT2D eigenvalue weighted by Gasteiger charge is -2.14. The normalized spacial score (nSPS) is 11.2. The van der Waals surface area contributed by atoms with Gasteiger partial charge in [-0.15, -0.1) is 0 Å². The standard InChI is InChI=1S/C11H12F3NO3/c1-17-10(16)7-2-3-9(18-5-4-15)8(6-7)11(12,13)14/h2-3,6H,4-5,15H2,1H3. The minimum Gasteiger partial charge on any atom is -0.492 e. The number of methoxy groups -OCH3 is 1. The van der Waals surface area contributed by atoms with Crippen LogP contribution < -0.4 is 10.5 Å². The van der Waals surface area contributed by atoms with Crippen LogP contribution in [0.15, 0.2) is 18.2 Å².